The summed E-state index contributed by atoms with van der Waals surface area (Å²) in [5.74, 6) is -2.23. The maximum absolute atomic E-state index is 13.5. The molecule has 0 aromatic heterocycles. The van der Waals surface area contributed by atoms with Crippen molar-refractivity contribution in [3.05, 3.63) is 0 Å². The third-order valence-electron chi connectivity index (χ3n) is 6.51. The minimum absolute atomic E-state index is 0.0353. The third kappa shape index (κ3) is 8.06. The van der Waals surface area contributed by atoms with Crippen molar-refractivity contribution >= 4 is 29.7 Å². The van der Waals surface area contributed by atoms with Crippen LogP contribution in [0.1, 0.15) is 57.8 Å². The van der Waals surface area contributed by atoms with Gasteiger partial charge in [-0.1, -0.05) is 0 Å². The van der Waals surface area contributed by atoms with E-state index in [0.717, 1.165) is 0 Å². The van der Waals surface area contributed by atoms with Gasteiger partial charge < -0.3 is 43.2 Å². The van der Waals surface area contributed by atoms with Crippen LogP contribution in [-0.4, -0.2) is 94.9 Å². The Balaban J connectivity index is 2.06. The van der Waals surface area contributed by atoms with Crippen molar-refractivity contribution < 1.29 is 24.3 Å². The number of carboxylic acid groups (broad SMARTS) is 1. The van der Waals surface area contributed by atoms with E-state index in [9.17, 15) is 24.3 Å². The van der Waals surface area contributed by atoms with Crippen LogP contribution in [0.15, 0.2) is 4.99 Å². The fourth-order valence-corrected chi connectivity index (χ4v) is 4.65. The zero-order valence-corrected chi connectivity index (χ0v) is 20.2. The molecule has 198 valence electrons. The number of hydrogen-bond donors (Lipinski definition) is 6. The summed E-state index contributed by atoms with van der Waals surface area (Å²) in [5, 5.41) is 12.2. The van der Waals surface area contributed by atoms with E-state index < -0.39 is 36.0 Å². The lowest BCUT2D eigenvalue weighted by atomic mass is 10.1. The summed E-state index contributed by atoms with van der Waals surface area (Å²) >= 11 is 0. The Morgan fingerprint density at radius 2 is 1.63 bits per heavy atom. The zero-order chi connectivity index (χ0) is 26.0. The van der Waals surface area contributed by atoms with Crippen LogP contribution >= 0.6 is 0 Å². The van der Waals surface area contributed by atoms with Gasteiger partial charge in [0.15, 0.2) is 5.96 Å². The minimum Gasteiger partial charge on any atom is -0.480 e. The molecule has 4 atom stereocenters. The normalized spacial score (nSPS) is 21.4. The smallest absolute Gasteiger partial charge is 0.326 e. The number of nitrogens with two attached hydrogens (primary N) is 4. The molecule has 13 heteroatoms. The van der Waals surface area contributed by atoms with Gasteiger partial charge in [-0.2, -0.15) is 0 Å². The minimum atomic E-state index is -1.03. The molecule has 0 radical (unpaired) electrons. The summed E-state index contributed by atoms with van der Waals surface area (Å²) in [5.41, 5.74) is 22.2. The molecule has 2 aliphatic rings. The molecule has 13 nitrogen and oxygen atoms in total. The fraction of sp³-hybridized carbons (Fsp3) is 0.773. The molecule has 2 fully saturated rings. The SMILES string of the molecule is NCCCCC(NC(=O)C(N)CCCN=C(N)N)C(=O)N1CCCC1C(=O)N1CCCC1C(=O)O. The number of unbranched alkanes of at least 4 members (excludes halogenated alkanes) is 1. The van der Waals surface area contributed by atoms with Crippen molar-refractivity contribution in [1.82, 2.24) is 15.1 Å². The quantitative estimate of drug-likeness (QED) is 0.0945. The van der Waals surface area contributed by atoms with Gasteiger partial charge >= 0.3 is 5.97 Å². The number of nitrogens with zero attached hydrogens (tertiary/aromatic N) is 3. The van der Waals surface area contributed by atoms with Crippen molar-refractivity contribution in [3.8, 4) is 0 Å². The lowest BCUT2D eigenvalue weighted by Crippen LogP contribution is -2.56. The second kappa shape index (κ2) is 13.8. The Hall–Kier alpha value is -2.93. The van der Waals surface area contributed by atoms with Crippen LogP contribution in [0.5, 0.6) is 0 Å². The fourth-order valence-electron chi connectivity index (χ4n) is 4.65. The number of carbonyl (C=O) groups is 4. The zero-order valence-electron chi connectivity index (χ0n) is 20.2. The number of carbonyl (C=O) groups excluding carboxylic acids is 3. The first-order valence-electron chi connectivity index (χ1n) is 12.3. The van der Waals surface area contributed by atoms with Gasteiger partial charge in [0.2, 0.25) is 17.7 Å². The highest BCUT2D eigenvalue weighted by Crippen LogP contribution is 2.26. The molecular formula is C22H40N8O5. The van der Waals surface area contributed by atoms with E-state index in [-0.39, 0.29) is 17.8 Å². The molecule has 0 saturated carbocycles. The number of nitrogens with one attached hydrogen (secondary N) is 1. The molecule has 2 saturated heterocycles. The van der Waals surface area contributed by atoms with Crippen LogP contribution < -0.4 is 28.3 Å². The summed E-state index contributed by atoms with van der Waals surface area (Å²) in [4.78, 5) is 57.7. The molecule has 4 unspecified atom stereocenters. The third-order valence-corrected chi connectivity index (χ3v) is 6.51. The maximum atomic E-state index is 13.5. The van der Waals surface area contributed by atoms with Gasteiger partial charge in [0.1, 0.15) is 18.1 Å². The molecule has 0 spiro atoms. The summed E-state index contributed by atoms with van der Waals surface area (Å²) in [6.45, 7) is 1.53. The first-order valence-corrected chi connectivity index (χ1v) is 12.3. The van der Waals surface area contributed by atoms with Crippen LogP contribution in [0.2, 0.25) is 0 Å². The van der Waals surface area contributed by atoms with Gasteiger partial charge in [-0.25, -0.2) is 4.79 Å². The predicted octanol–water partition coefficient (Wildman–Crippen LogP) is -1.95. The Labute approximate surface area is 205 Å². The standard InChI is InChI=1S/C22H40N8O5/c23-10-2-1-7-15(28-18(31)14(24)6-3-11-27-22(25)26)19(32)29-12-4-8-16(29)20(33)30-13-5-9-17(30)21(34)35/h14-17H,1-13,23-24H2,(H,28,31)(H,34,35)(H4,25,26,27). The largest absolute Gasteiger partial charge is 0.480 e. The molecule has 2 aliphatic heterocycles. The van der Waals surface area contributed by atoms with Gasteiger partial charge in [0.05, 0.1) is 6.04 Å². The van der Waals surface area contributed by atoms with Crippen LogP contribution in [0.3, 0.4) is 0 Å². The number of guanidine groups is 1. The van der Waals surface area contributed by atoms with E-state index in [4.69, 9.17) is 22.9 Å². The number of aliphatic carboxylic acids is 1. The molecule has 10 N–H and O–H groups in total. The Kier molecular flexibility index (Phi) is 11.2. The second-order valence-electron chi connectivity index (χ2n) is 9.12. The number of aliphatic imine (C=N–C) groups is 1. The van der Waals surface area contributed by atoms with E-state index >= 15 is 0 Å². The van der Waals surface area contributed by atoms with Gasteiger partial charge in [-0.3, -0.25) is 19.4 Å². The molecule has 0 bridgehead atoms. The van der Waals surface area contributed by atoms with E-state index in [0.29, 0.717) is 84.0 Å². The summed E-state index contributed by atoms with van der Waals surface area (Å²) in [6, 6.07) is -3.28. The molecule has 2 heterocycles. The Morgan fingerprint density at radius 1 is 0.971 bits per heavy atom. The van der Waals surface area contributed by atoms with E-state index in [1.807, 2.05) is 0 Å². The monoisotopic (exact) mass is 496 g/mol. The lowest BCUT2D eigenvalue weighted by molar-refractivity contribution is -0.152. The molecular weight excluding hydrogens is 456 g/mol. The van der Waals surface area contributed by atoms with Crippen LogP contribution in [0.25, 0.3) is 0 Å². The maximum Gasteiger partial charge on any atom is 0.326 e. The van der Waals surface area contributed by atoms with Gasteiger partial charge in [-0.05, 0) is 64.3 Å². The Morgan fingerprint density at radius 3 is 2.26 bits per heavy atom. The van der Waals surface area contributed by atoms with Crippen molar-refractivity contribution in [1.29, 1.82) is 0 Å². The molecule has 0 aromatic carbocycles. The highest BCUT2D eigenvalue weighted by Gasteiger charge is 2.43. The molecule has 2 rings (SSSR count). The van der Waals surface area contributed by atoms with E-state index in [2.05, 4.69) is 10.3 Å². The summed E-state index contributed by atoms with van der Waals surface area (Å²) in [7, 11) is 0. The average molecular weight is 497 g/mol. The first-order chi connectivity index (χ1) is 16.7. The van der Waals surface area contributed by atoms with Gasteiger partial charge in [0, 0.05) is 19.6 Å². The number of rotatable bonds is 13. The number of amides is 3. The van der Waals surface area contributed by atoms with Crippen molar-refractivity contribution in [2.45, 2.75) is 82.0 Å². The summed E-state index contributed by atoms with van der Waals surface area (Å²) in [6.07, 6.45) is 4.60. The predicted molar refractivity (Wildman–Crippen MR) is 130 cm³/mol. The second-order valence-corrected chi connectivity index (χ2v) is 9.12. The van der Waals surface area contributed by atoms with Crippen molar-refractivity contribution in [2.75, 3.05) is 26.2 Å². The Bertz CT molecular complexity index is 788. The average Bonchev–Trinajstić information content (AvgIpc) is 3.50. The molecule has 0 aliphatic carbocycles. The number of likely N-dealkylation sites (tertiary alicyclic amines) is 2. The highest BCUT2D eigenvalue weighted by atomic mass is 16.4. The van der Waals surface area contributed by atoms with Crippen LogP contribution in [0, 0.1) is 0 Å². The van der Waals surface area contributed by atoms with Crippen LogP contribution in [-0.2, 0) is 19.2 Å². The molecule has 0 aromatic rings. The first kappa shape index (κ1) is 28.3. The molecule has 3 amide bonds. The van der Waals surface area contributed by atoms with Crippen molar-refractivity contribution in [3.63, 3.8) is 0 Å². The number of hydrogen-bond acceptors (Lipinski definition) is 7. The van der Waals surface area contributed by atoms with E-state index in [1.54, 1.807) is 0 Å². The topological polar surface area (TPSA) is 223 Å². The van der Waals surface area contributed by atoms with Gasteiger partial charge in [-0.15, -0.1) is 0 Å². The number of carboxylic acids is 1. The molecule has 35 heavy (non-hydrogen) atoms. The van der Waals surface area contributed by atoms with Crippen LogP contribution in [0.4, 0.5) is 0 Å². The lowest BCUT2D eigenvalue weighted by Gasteiger charge is -2.32. The van der Waals surface area contributed by atoms with E-state index in [1.165, 1.54) is 9.80 Å². The summed E-state index contributed by atoms with van der Waals surface area (Å²) < 4.78 is 0. The highest BCUT2D eigenvalue weighted by molar-refractivity contribution is 5.94. The van der Waals surface area contributed by atoms with Gasteiger partial charge in [0.25, 0.3) is 0 Å². The van der Waals surface area contributed by atoms with Crippen molar-refractivity contribution in [2.24, 2.45) is 27.9 Å².